The summed E-state index contributed by atoms with van der Waals surface area (Å²) in [4.78, 5) is 17.1. The van der Waals surface area contributed by atoms with E-state index in [1.807, 2.05) is 29.2 Å². The third kappa shape index (κ3) is 4.19. The first kappa shape index (κ1) is 19.1. The maximum Gasteiger partial charge on any atom is 0.321 e. The molecule has 2 aliphatic rings. The minimum atomic E-state index is 0.0143. The molecule has 2 amide bonds. The molecule has 4 nitrogen and oxygen atoms in total. The molecule has 0 spiro atoms. The van der Waals surface area contributed by atoms with Gasteiger partial charge in [-0.3, -0.25) is 4.90 Å². The number of nitrogens with zero attached hydrogens (tertiary/aromatic N) is 2. The molecule has 3 aromatic rings. The summed E-state index contributed by atoms with van der Waals surface area (Å²) in [7, 11) is 0. The van der Waals surface area contributed by atoms with Crippen LogP contribution in [0.3, 0.4) is 0 Å². The van der Waals surface area contributed by atoms with E-state index in [0.29, 0.717) is 6.04 Å². The molecule has 3 aromatic carbocycles. The van der Waals surface area contributed by atoms with Crippen LogP contribution in [-0.4, -0.2) is 48.1 Å². The van der Waals surface area contributed by atoms with Crippen LogP contribution in [-0.2, 0) is 6.42 Å². The fraction of sp³-hybridized carbons (Fsp3) is 0.346. The lowest BCUT2D eigenvalue weighted by molar-refractivity contribution is 0.0383. The number of benzene rings is 3. The Bertz CT molecular complexity index is 1000. The van der Waals surface area contributed by atoms with Gasteiger partial charge < -0.3 is 10.2 Å². The lowest BCUT2D eigenvalue weighted by atomic mass is 9.89. The molecule has 0 saturated carbocycles. The van der Waals surface area contributed by atoms with Crippen molar-refractivity contribution in [3.8, 4) is 0 Å². The monoisotopic (exact) mass is 399 g/mol. The summed E-state index contributed by atoms with van der Waals surface area (Å²) in [6.07, 6.45) is 3.71. The van der Waals surface area contributed by atoms with Crippen molar-refractivity contribution in [2.45, 2.75) is 25.3 Å². The van der Waals surface area contributed by atoms with Crippen LogP contribution in [0.15, 0.2) is 72.8 Å². The number of piperidine rings is 1. The van der Waals surface area contributed by atoms with E-state index in [1.165, 1.54) is 30.2 Å². The maximum absolute atomic E-state index is 12.6. The Balaban J connectivity index is 1.08. The van der Waals surface area contributed by atoms with E-state index < -0.39 is 0 Å². The predicted molar refractivity (Wildman–Crippen MR) is 123 cm³/mol. The second kappa shape index (κ2) is 8.49. The zero-order valence-corrected chi connectivity index (χ0v) is 17.3. The Kier molecular flexibility index (Phi) is 5.41. The van der Waals surface area contributed by atoms with E-state index in [0.717, 1.165) is 43.2 Å². The van der Waals surface area contributed by atoms with Crippen LogP contribution in [0, 0.1) is 5.92 Å². The minimum absolute atomic E-state index is 0.0143. The van der Waals surface area contributed by atoms with Crippen molar-refractivity contribution in [2.75, 3.05) is 31.5 Å². The van der Waals surface area contributed by atoms with Crippen molar-refractivity contribution in [2.24, 2.45) is 5.92 Å². The van der Waals surface area contributed by atoms with E-state index in [4.69, 9.17) is 0 Å². The number of anilines is 1. The van der Waals surface area contributed by atoms with E-state index in [1.54, 1.807) is 0 Å². The topological polar surface area (TPSA) is 35.6 Å². The highest BCUT2D eigenvalue weighted by Gasteiger charge is 2.36. The number of hydrogen-bond acceptors (Lipinski definition) is 2. The molecule has 0 unspecified atom stereocenters. The molecule has 2 heterocycles. The summed E-state index contributed by atoms with van der Waals surface area (Å²) in [6, 6.07) is 25.7. The minimum Gasteiger partial charge on any atom is -0.321 e. The van der Waals surface area contributed by atoms with Gasteiger partial charge >= 0.3 is 6.03 Å². The van der Waals surface area contributed by atoms with Gasteiger partial charge in [0.15, 0.2) is 0 Å². The maximum atomic E-state index is 12.6. The SMILES string of the molecule is O=C(Nc1ccc2ccccc2c1)N1CC(N2CCC(Cc3ccccc3)CC2)C1. The predicted octanol–water partition coefficient (Wildman–Crippen LogP) is 5.01. The van der Waals surface area contributed by atoms with Crippen LogP contribution in [0.25, 0.3) is 10.8 Å². The van der Waals surface area contributed by atoms with Crippen molar-refractivity contribution in [1.29, 1.82) is 0 Å². The van der Waals surface area contributed by atoms with Crippen LogP contribution in [0.1, 0.15) is 18.4 Å². The summed E-state index contributed by atoms with van der Waals surface area (Å²) >= 11 is 0. The molecular weight excluding hydrogens is 370 g/mol. The Morgan fingerprint density at radius 2 is 1.57 bits per heavy atom. The number of carbonyl (C=O) groups is 1. The average Bonchev–Trinajstić information content (AvgIpc) is 2.74. The van der Waals surface area contributed by atoms with Gasteiger partial charge in [0.05, 0.1) is 0 Å². The van der Waals surface area contributed by atoms with Gasteiger partial charge in [-0.2, -0.15) is 0 Å². The summed E-state index contributed by atoms with van der Waals surface area (Å²) in [5, 5.41) is 5.40. The number of hydrogen-bond donors (Lipinski definition) is 1. The Hall–Kier alpha value is -2.85. The Morgan fingerprint density at radius 3 is 2.33 bits per heavy atom. The van der Waals surface area contributed by atoms with Gasteiger partial charge in [0.25, 0.3) is 0 Å². The van der Waals surface area contributed by atoms with Gasteiger partial charge in [0.2, 0.25) is 0 Å². The molecule has 0 radical (unpaired) electrons. The van der Waals surface area contributed by atoms with Gasteiger partial charge in [-0.15, -0.1) is 0 Å². The van der Waals surface area contributed by atoms with E-state index in [2.05, 4.69) is 58.7 Å². The first-order valence-corrected chi connectivity index (χ1v) is 11.1. The quantitative estimate of drug-likeness (QED) is 0.669. The normalized spacial score (nSPS) is 18.3. The zero-order valence-electron chi connectivity index (χ0n) is 17.3. The lowest BCUT2D eigenvalue weighted by Gasteiger charge is -2.47. The second-order valence-electron chi connectivity index (χ2n) is 8.72. The summed E-state index contributed by atoms with van der Waals surface area (Å²) in [5.74, 6) is 0.788. The van der Waals surface area contributed by atoms with Crippen LogP contribution < -0.4 is 5.32 Å². The molecule has 0 aromatic heterocycles. The van der Waals surface area contributed by atoms with Gasteiger partial charge in [-0.25, -0.2) is 4.79 Å². The smallest absolute Gasteiger partial charge is 0.321 e. The molecule has 5 rings (SSSR count). The third-order valence-electron chi connectivity index (χ3n) is 6.68. The highest BCUT2D eigenvalue weighted by molar-refractivity contribution is 5.93. The molecule has 154 valence electrons. The molecule has 1 N–H and O–H groups in total. The second-order valence-corrected chi connectivity index (χ2v) is 8.72. The molecule has 30 heavy (non-hydrogen) atoms. The first-order chi connectivity index (χ1) is 14.7. The molecule has 2 fully saturated rings. The molecular formula is C26H29N3O. The molecule has 0 atom stereocenters. The Morgan fingerprint density at radius 1 is 0.867 bits per heavy atom. The number of nitrogens with one attached hydrogen (secondary N) is 1. The number of likely N-dealkylation sites (tertiary alicyclic amines) is 2. The van der Waals surface area contributed by atoms with Crippen LogP contribution in [0.2, 0.25) is 0 Å². The lowest BCUT2D eigenvalue weighted by Crippen LogP contribution is -2.63. The molecule has 4 heteroatoms. The van der Waals surface area contributed by atoms with Crippen molar-refractivity contribution in [3.05, 3.63) is 78.4 Å². The van der Waals surface area contributed by atoms with E-state index in [-0.39, 0.29) is 6.03 Å². The van der Waals surface area contributed by atoms with Gasteiger partial charge in [0, 0.05) is 24.8 Å². The highest BCUT2D eigenvalue weighted by atomic mass is 16.2. The first-order valence-electron chi connectivity index (χ1n) is 11.1. The fourth-order valence-corrected chi connectivity index (χ4v) is 4.79. The standard InChI is InChI=1S/C26H29N3O/c30-26(27-24-11-10-22-8-4-5-9-23(22)17-24)29-18-25(19-29)28-14-12-21(13-15-28)16-20-6-2-1-3-7-20/h1-11,17,21,25H,12-16,18-19H2,(H,27,30). The molecule has 2 aliphatic heterocycles. The van der Waals surface area contributed by atoms with Crippen molar-refractivity contribution < 1.29 is 4.79 Å². The Labute approximate surface area is 178 Å². The summed E-state index contributed by atoms with van der Waals surface area (Å²) in [6.45, 7) is 3.98. The van der Waals surface area contributed by atoms with Crippen LogP contribution in [0.4, 0.5) is 10.5 Å². The number of fused-ring (bicyclic) bond motifs is 1. The number of carbonyl (C=O) groups excluding carboxylic acids is 1. The van der Waals surface area contributed by atoms with Gasteiger partial charge in [-0.1, -0.05) is 60.7 Å². The van der Waals surface area contributed by atoms with E-state index in [9.17, 15) is 4.79 Å². The summed E-state index contributed by atoms with van der Waals surface area (Å²) in [5.41, 5.74) is 2.32. The van der Waals surface area contributed by atoms with E-state index >= 15 is 0 Å². The van der Waals surface area contributed by atoms with Crippen molar-refractivity contribution in [3.63, 3.8) is 0 Å². The molecule has 2 saturated heterocycles. The molecule has 0 bridgehead atoms. The number of urea groups is 1. The third-order valence-corrected chi connectivity index (χ3v) is 6.68. The number of amides is 2. The van der Waals surface area contributed by atoms with Crippen molar-refractivity contribution >= 4 is 22.5 Å². The van der Waals surface area contributed by atoms with Crippen LogP contribution in [0.5, 0.6) is 0 Å². The summed E-state index contributed by atoms with van der Waals surface area (Å²) < 4.78 is 0. The average molecular weight is 400 g/mol. The fourth-order valence-electron chi connectivity index (χ4n) is 4.79. The zero-order chi connectivity index (χ0) is 20.3. The number of rotatable bonds is 4. The molecule has 0 aliphatic carbocycles. The van der Waals surface area contributed by atoms with Crippen molar-refractivity contribution in [1.82, 2.24) is 9.80 Å². The highest BCUT2D eigenvalue weighted by Crippen LogP contribution is 2.26. The van der Waals surface area contributed by atoms with Crippen LogP contribution >= 0.6 is 0 Å². The van der Waals surface area contributed by atoms with Gasteiger partial charge in [-0.05, 0) is 66.7 Å². The van der Waals surface area contributed by atoms with Gasteiger partial charge in [0.1, 0.15) is 0 Å². The largest absolute Gasteiger partial charge is 0.321 e.